The van der Waals surface area contributed by atoms with Crippen LogP contribution in [0.25, 0.3) is 0 Å². The van der Waals surface area contributed by atoms with Crippen LogP contribution in [0.15, 0.2) is 0 Å². The van der Waals surface area contributed by atoms with E-state index in [1.165, 1.54) is 0 Å². The molecule has 2 N–H and O–H groups in total. The maximum atomic E-state index is 8.81. The summed E-state index contributed by atoms with van der Waals surface area (Å²) in [7, 11) is 0. The van der Waals surface area contributed by atoms with Crippen molar-refractivity contribution in [3.8, 4) is 0 Å². The second-order valence-corrected chi connectivity index (χ2v) is 1.55. The molecule has 0 unspecified atom stereocenters. The van der Waals surface area contributed by atoms with Crippen LogP contribution in [-0.2, 0) is 3.10 Å². The van der Waals surface area contributed by atoms with Crippen LogP contribution in [0.1, 0.15) is 0 Å². The Kier molecular flexibility index (Phi) is 2.02. The summed E-state index contributed by atoms with van der Waals surface area (Å²) in [5.74, 6) is 0. The van der Waals surface area contributed by atoms with Gasteiger partial charge in [-0.05, 0) is 0 Å². The molecule has 0 saturated heterocycles. The van der Waals surface area contributed by atoms with Crippen molar-refractivity contribution in [3.63, 3.8) is 0 Å². The van der Waals surface area contributed by atoms with Crippen LogP contribution in [0.5, 0.6) is 0 Å². The number of hydrogen-bond donors (Lipinski definition) is 2. The van der Waals surface area contributed by atoms with E-state index in [1.54, 1.807) is 0 Å². The molecule has 0 atom stereocenters. The fourth-order valence-electron chi connectivity index (χ4n) is 0. The van der Waals surface area contributed by atoms with Crippen molar-refractivity contribution in [3.05, 3.63) is 0 Å². The molecular formula is H2O3Te. The molecule has 0 amide bonds. The van der Waals surface area contributed by atoms with E-state index in [2.05, 4.69) is 0 Å². The van der Waals surface area contributed by atoms with Gasteiger partial charge in [-0.3, -0.25) is 0 Å². The normalized spacial score (nSPS) is 8.75. The summed E-state index contributed by atoms with van der Waals surface area (Å²) in [4.78, 5) is 0. The van der Waals surface area contributed by atoms with E-state index in [4.69, 9.17) is 10.0 Å². The Labute approximate surface area is 31.0 Å². The molecule has 3 nitrogen and oxygen atoms in total. The summed E-state index contributed by atoms with van der Waals surface area (Å²) < 4.78 is 23.3. The second-order valence-electron chi connectivity index (χ2n) is 0.231. The SMILES string of the molecule is O=[132Te](O)O. The average molecular weight is 182 g/mol. The summed E-state index contributed by atoms with van der Waals surface area (Å²) >= 11 is -3.61. The van der Waals surface area contributed by atoms with Crippen molar-refractivity contribution in [2.24, 2.45) is 0 Å². The van der Waals surface area contributed by atoms with E-state index in [9.17, 15) is 0 Å². The first-order valence-corrected chi connectivity index (χ1v) is 3.57. The van der Waals surface area contributed by atoms with Gasteiger partial charge in [-0.15, -0.1) is 0 Å². The molecule has 0 rings (SSSR count). The summed E-state index contributed by atoms with van der Waals surface area (Å²) in [6, 6.07) is 0. The zero-order valence-electron chi connectivity index (χ0n) is 1.71. The van der Waals surface area contributed by atoms with Crippen molar-refractivity contribution in [2.45, 2.75) is 0 Å². The molecule has 4 heavy (non-hydrogen) atoms. The molecule has 0 bridgehead atoms. The van der Waals surface area contributed by atoms with Crippen LogP contribution >= 0.6 is 0 Å². The predicted octanol–water partition coefficient (Wildman–Crippen LogP) is -1.61. The van der Waals surface area contributed by atoms with Crippen LogP contribution < -0.4 is 0 Å². The maximum absolute atomic E-state index is 8.81. The van der Waals surface area contributed by atoms with Crippen LogP contribution in [0, 0.1) is 0 Å². The quantitative estimate of drug-likeness (QED) is 0.443. The Hall–Kier alpha value is 0.510. The molecule has 0 aromatic heterocycles. The van der Waals surface area contributed by atoms with Crippen molar-refractivity contribution >= 4 is 20.4 Å². The van der Waals surface area contributed by atoms with Gasteiger partial charge < -0.3 is 0 Å². The van der Waals surface area contributed by atoms with Gasteiger partial charge in [0.25, 0.3) is 0 Å². The minimum atomic E-state index is -3.61. The summed E-state index contributed by atoms with van der Waals surface area (Å²) in [5.41, 5.74) is 0. The van der Waals surface area contributed by atoms with Crippen LogP contribution in [0.2, 0.25) is 0 Å². The fraction of sp³-hybridized carbons (Fsp3) is 0. The first kappa shape index (κ1) is 4.51. The summed E-state index contributed by atoms with van der Waals surface area (Å²) in [6.45, 7) is 0. The average Bonchev–Trinajstić information content (AvgIpc) is 0.811. The van der Waals surface area contributed by atoms with Crippen molar-refractivity contribution in [2.75, 3.05) is 0 Å². The van der Waals surface area contributed by atoms with Gasteiger partial charge in [-0.2, -0.15) is 0 Å². The molecule has 0 fully saturated rings. The summed E-state index contributed by atoms with van der Waals surface area (Å²) in [5, 5.41) is 0. The molecule has 0 saturated carbocycles. The van der Waals surface area contributed by atoms with Crippen LogP contribution in [0.3, 0.4) is 0 Å². The molecule has 0 aromatic rings. The molecule has 4 heteroatoms. The molecule has 26 valence electrons. The van der Waals surface area contributed by atoms with E-state index in [0.29, 0.717) is 0 Å². The zero-order valence-corrected chi connectivity index (χ0v) is 4.04. The van der Waals surface area contributed by atoms with Gasteiger partial charge in [0, 0.05) is 0 Å². The minimum absolute atomic E-state index is 3.61. The first-order valence-electron chi connectivity index (χ1n) is 0.532. The van der Waals surface area contributed by atoms with E-state index >= 15 is 0 Å². The predicted molar refractivity (Wildman–Crippen MR) is 10.9 cm³/mol. The molecule has 0 aliphatic carbocycles. The fourth-order valence-corrected chi connectivity index (χ4v) is 0. The molecule has 0 radical (unpaired) electrons. The first-order chi connectivity index (χ1) is 1.73. The van der Waals surface area contributed by atoms with Gasteiger partial charge in [0.05, 0.1) is 0 Å². The molecule has 0 heterocycles. The van der Waals surface area contributed by atoms with Crippen molar-refractivity contribution in [1.82, 2.24) is 0 Å². The Morgan fingerprint density at radius 2 is 1.50 bits per heavy atom. The van der Waals surface area contributed by atoms with Gasteiger partial charge >= 0.3 is 30.4 Å². The van der Waals surface area contributed by atoms with Gasteiger partial charge in [0.1, 0.15) is 0 Å². The third-order valence-electron chi connectivity index (χ3n) is 0. The van der Waals surface area contributed by atoms with E-state index in [0.717, 1.165) is 0 Å². The second kappa shape index (κ2) is 1.79. The van der Waals surface area contributed by atoms with E-state index in [1.807, 2.05) is 0 Å². The van der Waals surface area contributed by atoms with Gasteiger partial charge in [-0.25, -0.2) is 0 Å². The van der Waals surface area contributed by atoms with Gasteiger partial charge in [-0.1, -0.05) is 0 Å². The Morgan fingerprint density at radius 1 is 1.50 bits per heavy atom. The molecule has 0 spiro atoms. The Balaban J connectivity index is 2.80. The van der Waals surface area contributed by atoms with E-state index < -0.39 is 20.4 Å². The number of rotatable bonds is 0. The monoisotopic (exact) mass is 182 g/mol. The molecule has 0 aromatic carbocycles. The van der Waals surface area contributed by atoms with Crippen LogP contribution in [0.4, 0.5) is 0 Å². The zero-order chi connectivity index (χ0) is 3.58. The van der Waals surface area contributed by atoms with E-state index in [-0.39, 0.29) is 0 Å². The Morgan fingerprint density at radius 3 is 1.50 bits per heavy atom. The van der Waals surface area contributed by atoms with Crippen molar-refractivity contribution in [1.29, 1.82) is 0 Å². The Bertz CT molecular complexity index is 26.3. The molecule has 0 aliphatic rings. The molecule has 0 aliphatic heterocycles. The van der Waals surface area contributed by atoms with Crippen molar-refractivity contribution < 1.29 is 10.0 Å². The van der Waals surface area contributed by atoms with Crippen LogP contribution in [-0.4, -0.2) is 27.3 Å². The third-order valence-corrected chi connectivity index (χ3v) is 0. The van der Waals surface area contributed by atoms with Gasteiger partial charge in [0.15, 0.2) is 0 Å². The third kappa shape index (κ3) is 22.0. The van der Waals surface area contributed by atoms with Gasteiger partial charge in [0.2, 0.25) is 0 Å². The standard InChI is InChI=1S/H2O3Te/c1-4(2)3/h(H2,1,2,3)/i4+4. The summed E-state index contributed by atoms with van der Waals surface area (Å²) in [6.07, 6.45) is 0. The molecular weight excluding hydrogens is 180 g/mol. The number of hydrogen-bond acceptors (Lipinski definition) is 1. The topological polar surface area (TPSA) is 57.5 Å².